The van der Waals surface area contributed by atoms with E-state index < -0.39 is 0 Å². The lowest BCUT2D eigenvalue weighted by Crippen LogP contribution is -2.37. The van der Waals surface area contributed by atoms with Gasteiger partial charge < -0.3 is 10.1 Å². The van der Waals surface area contributed by atoms with Gasteiger partial charge in [0, 0.05) is 36.3 Å². The minimum absolute atomic E-state index is 0.187. The summed E-state index contributed by atoms with van der Waals surface area (Å²) in [6, 6.07) is 0. The molecular weight excluding hydrogens is 218 g/mol. The molecule has 1 fully saturated rings. The average Bonchev–Trinajstić information content (AvgIpc) is 2.24. The molecule has 1 rings (SSSR count). The van der Waals surface area contributed by atoms with E-state index in [4.69, 9.17) is 4.74 Å². The molecule has 0 unspecified atom stereocenters. The minimum atomic E-state index is 0.187. The highest BCUT2D eigenvalue weighted by Crippen LogP contribution is 2.23. The summed E-state index contributed by atoms with van der Waals surface area (Å²) in [6.07, 6.45) is 2.40. The van der Waals surface area contributed by atoms with Crippen LogP contribution >= 0.6 is 11.8 Å². The van der Waals surface area contributed by atoms with Crippen LogP contribution in [0.2, 0.25) is 0 Å². The van der Waals surface area contributed by atoms with Crippen molar-refractivity contribution in [3.8, 4) is 0 Å². The Morgan fingerprint density at radius 1 is 1.38 bits per heavy atom. The Morgan fingerprint density at radius 3 is 2.56 bits per heavy atom. The normalized spacial score (nSPS) is 18.7. The van der Waals surface area contributed by atoms with Gasteiger partial charge in [-0.25, -0.2) is 0 Å². The van der Waals surface area contributed by atoms with Crippen LogP contribution < -0.4 is 5.32 Å². The Kier molecular flexibility index (Phi) is 5.87. The van der Waals surface area contributed by atoms with Crippen molar-refractivity contribution in [3.05, 3.63) is 12.2 Å². The van der Waals surface area contributed by atoms with E-state index in [1.54, 1.807) is 0 Å². The van der Waals surface area contributed by atoms with Crippen LogP contribution in [0.4, 0.5) is 0 Å². The van der Waals surface area contributed by atoms with Gasteiger partial charge in [0.25, 0.3) is 0 Å². The molecule has 1 aliphatic rings. The summed E-state index contributed by atoms with van der Waals surface area (Å²) in [6.45, 7) is 13.5. The number of hydrogen-bond acceptors (Lipinski definition) is 3. The fraction of sp³-hybridized carbons (Fsp3) is 0.846. The SMILES string of the molecule is C=C(CNC(C)(C)C)CSC1CCOCC1. The van der Waals surface area contributed by atoms with Gasteiger partial charge in [-0.05, 0) is 33.6 Å². The molecule has 0 bridgehead atoms. The first kappa shape index (κ1) is 14.1. The number of hydrogen-bond donors (Lipinski definition) is 1. The molecule has 0 spiro atoms. The average molecular weight is 243 g/mol. The molecule has 94 valence electrons. The van der Waals surface area contributed by atoms with Crippen molar-refractivity contribution in [2.45, 2.75) is 44.4 Å². The van der Waals surface area contributed by atoms with Gasteiger partial charge in [-0.3, -0.25) is 0 Å². The number of ether oxygens (including phenoxy) is 1. The topological polar surface area (TPSA) is 21.3 Å². The van der Waals surface area contributed by atoms with Gasteiger partial charge in [-0.15, -0.1) is 0 Å². The standard InChI is InChI=1S/C13H25NOS/c1-11(9-14-13(2,3)4)10-16-12-5-7-15-8-6-12/h12,14H,1,5-10H2,2-4H3. The van der Waals surface area contributed by atoms with Crippen LogP contribution in [0, 0.1) is 0 Å². The van der Waals surface area contributed by atoms with E-state index in [1.165, 1.54) is 18.4 Å². The summed E-state index contributed by atoms with van der Waals surface area (Å²) in [7, 11) is 0. The fourth-order valence-electron chi connectivity index (χ4n) is 1.52. The van der Waals surface area contributed by atoms with Crippen LogP contribution in [0.25, 0.3) is 0 Å². The molecule has 0 amide bonds. The Morgan fingerprint density at radius 2 is 2.00 bits per heavy atom. The minimum Gasteiger partial charge on any atom is -0.381 e. The lowest BCUT2D eigenvalue weighted by atomic mass is 10.1. The van der Waals surface area contributed by atoms with Crippen molar-refractivity contribution in [2.75, 3.05) is 25.5 Å². The van der Waals surface area contributed by atoms with Crippen molar-refractivity contribution in [3.63, 3.8) is 0 Å². The molecule has 3 heteroatoms. The number of thioether (sulfide) groups is 1. The van der Waals surface area contributed by atoms with E-state index in [9.17, 15) is 0 Å². The maximum Gasteiger partial charge on any atom is 0.0476 e. The Hall–Kier alpha value is 0.01000. The molecule has 1 N–H and O–H groups in total. The van der Waals surface area contributed by atoms with Crippen LogP contribution in [0.15, 0.2) is 12.2 Å². The second kappa shape index (κ2) is 6.67. The van der Waals surface area contributed by atoms with Gasteiger partial charge in [0.2, 0.25) is 0 Å². The van der Waals surface area contributed by atoms with Gasteiger partial charge in [0.1, 0.15) is 0 Å². The van der Waals surface area contributed by atoms with Crippen molar-refractivity contribution < 1.29 is 4.74 Å². The molecule has 0 aromatic heterocycles. The molecule has 1 saturated heterocycles. The van der Waals surface area contributed by atoms with Gasteiger partial charge >= 0.3 is 0 Å². The summed E-state index contributed by atoms with van der Waals surface area (Å²) in [5.41, 5.74) is 1.48. The van der Waals surface area contributed by atoms with Crippen molar-refractivity contribution in [1.82, 2.24) is 5.32 Å². The van der Waals surface area contributed by atoms with E-state index in [0.717, 1.165) is 30.8 Å². The number of nitrogens with one attached hydrogen (secondary N) is 1. The van der Waals surface area contributed by atoms with Gasteiger partial charge in [0.05, 0.1) is 0 Å². The van der Waals surface area contributed by atoms with Crippen LogP contribution in [0.5, 0.6) is 0 Å². The molecule has 1 aliphatic heterocycles. The van der Waals surface area contributed by atoms with E-state index in [0.29, 0.717) is 0 Å². The molecule has 16 heavy (non-hydrogen) atoms. The Bertz CT molecular complexity index is 216. The second-order valence-corrected chi connectivity index (χ2v) is 6.76. The predicted molar refractivity (Wildman–Crippen MR) is 73.2 cm³/mol. The Labute approximate surface area is 104 Å². The Balaban J connectivity index is 2.09. The monoisotopic (exact) mass is 243 g/mol. The first-order valence-electron chi connectivity index (χ1n) is 6.08. The van der Waals surface area contributed by atoms with Crippen LogP contribution in [0.1, 0.15) is 33.6 Å². The highest BCUT2D eigenvalue weighted by Gasteiger charge is 2.14. The lowest BCUT2D eigenvalue weighted by molar-refractivity contribution is 0.100. The third-order valence-electron chi connectivity index (χ3n) is 2.56. The zero-order chi connectivity index (χ0) is 12.0. The second-order valence-electron chi connectivity index (χ2n) is 5.48. The molecule has 0 atom stereocenters. The van der Waals surface area contributed by atoms with Crippen LogP contribution in [-0.4, -0.2) is 36.3 Å². The van der Waals surface area contributed by atoms with E-state index >= 15 is 0 Å². The largest absolute Gasteiger partial charge is 0.381 e. The molecule has 0 radical (unpaired) electrons. The third-order valence-corrected chi connectivity index (χ3v) is 4.08. The smallest absolute Gasteiger partial charge is 0.0476 e. The van der Waals surface area contributed by atoms with Gasteiger partial charge in [-0.1, -0.05) is 12.2 Å². The predicted octanol–water partition coefficient (Wildman–Crippen LogP) is 2.84. The summed E-state index contributed by atoms with van der Waals surface area (Å²) < 4.78 is 5.35. The zero-order valence-corrected chi connectivity index (χ0v) is 11.7. The maximum absolute atomic E-state index is 5.35. The van der Waals surface area contributed by atoms with Crippen molar-refractivity contribution >= 4 is 11.8 Å². The van der Waals surface area contributed by atoms with E-state index in [1.807, 2.05) is 11.8 Å². The molecule has 2 nitrogen and oxygen atoms in total. The van der Waals surface area contributed by atoms with Gasteiger partial charge in [0.15, 0.2) is 0 Å². The molecule has 0 saturated carbocycles. The van der Waals surface area contributed by atoms with Crippen LogP contribution in [-0.2, 0) is 4.74 Å². The summed E-state index contributed by atoms with van der Waals surface area (Å²) in [5, 5.41) is 4.25. The third kappa shape index (κ3) is 6.56. The van der Waals surface area contributed by atoms with Crippen molar-refractivity contribution in [2.24, 2.45) is 0 Å². The number of rotatable bonds is 5. The quantitative estimate of drug-likeness (QED) is 0.750. The molecule has 1 heterocycles. The lowest BCUT2D eigenvalue weighted by Gasteiger charge is -2.24. The first-order valence-corrected chi connectivity index (χ1v) is 7.13. The van der Waals surface area contributed by atoms with Gasteiger partial charge in [-0.2, -0.15) is 11.8 Å². The molecular formula is C13H25NOS. The molecule has 0 aromatic carbocycles. The van der Waals surface area contributed by atoms with Crippen LogP contribution in [0.3, 0.4) is 0 Å². The van der Waals surface area contributed by atoms with E-state index in [-0.39, 0.29) is 5.54 Å². The van der Waals surface area contributed by atoms with E-state index in [2.05, 4.69) is 32.7 Å². The van der Waals surface area contributed by atoms with Crippen molar-refractivity contribution in [1.29, 1.82) is 0 Å². The molecule has 0 aliphatic carbocycles. The summed E-state index contributed by atoms with van der Waals surface area (Å²) in [4.78, 5) is 0. The first-order chi connectivity index (χ1) is 7.47. The molecule has 0 aromatic rings. The summed E-state index contributed by atoms with van der Waals surface area (Å²) >= 11 is 2.04. The zero-order valence-electron chi connectivity index (χ0n) is 10.8. The maximum atomic E-state index is 5.35. The highest BCUT2D eigenvalue weighted by molar-refractivity contribution is 8.00. The summed E-state index contributed by atoms with van der Waals surface area (Å²) in [5.74, 6) is 1.08. The highest BCUT2D eigenvalue weighted by atomic mass is 32.2. The fourth-order valence-corrected chi connectivity index (χ4v) is 2.62.